The second-order valence-electron chi connectivity index (χ2n) is 9.27. The van der Waals surface area contributed by atoms with Crippen molar-refractivity contribution in [3.8, 4) is 5.75 Å². The molecule has 204 valence electrons. The second kappa shape index (κ2) is 12.0. The van der Waals surface area contributed by atoms with E-state index in [0.717, 1.165) is 24.5 Å². The molecule has 2 atom stereocenters. The number of nitrogens with zero attached hydrogens (tertiary/aromatic N) is 2. The van der Waals surface area contributed by atoms with Crippen molar-refractivity contribution >= 4 is 17.6 Å². The highest BCUT2D eigenvalue weighted by Gasteiger charge is 2.30. The highest BCUT2D eigenvalue weighted by molar-refractivity contribution is 5.96. The van der Waals surface area contributed by atoms with Crippen LogP contribution in [0.3, 0.4) is 0 Å². The zero-order chi connectivity index (χ0) is 28.1. The van der Waals surface area contributed by atoms with Crippen LogP contribution in [0.5, 0.6) is 5.75 Å². The van der Waals surface area contributed by atoms with Crippen LogP contribution in [0.2, 0.25) is 0 Å². The topological polar surface area (TPSA) is 83.6 Å². The van der Waals surface area contributed by atoms with Crippen molar-refractivity contribution in [1.82, 2.24) is 15.6 Å². The third-order valence-corrected chi connectivity index (χ3v) is 6.92. The Morgan fingerprint density at radius 3 is 2.56 bits per heavy atom. The summed E-state index contributed by atoms with van der Waals surface area (Å²) in [7, 11) is 1.57. The minimum atomic E-state index is -1.34. The fraction of sp³-hybridized carbons (Fsp3) is 0.276. The van der Waals surface area contributed by atoms with Gasteiger partial charge >= 0.3 is 0 Å². The molecule has 3 aromatic rings. The monoisotopic (exact) mass is 538 g/mol. The Morgan fingerprint density at radius 1 is 1.10 bits per heavy atom. The molecule has 0 radical (unpaired) electrons. The number of carbonyl (C=O) groups is 2. The van der Waals surface area contributed by atoms with Gasteiger partial charge in [0.15, 0.2) is 11.6 Å². The highest BCUT2D eigenvalue weighted by Crippen LogP contribution is 2.29. The van der Waals surface area contributed by atoms with Crippen LogP contribution in [0.15, 0.2) is 61.4 Å². The maximum absolute atomic E-state index is 13.9. The maximum atomic E-state index is 13.9. The third-order valence-electron chi connectivity index (χ3n) is 6.92. The first-order valence-corrected chi connectivity index (χ1v) is 12.5. The molecule has 1 aliphatic rings. The van der Waals surface area contributed by atoms with E-state index in [0.29, 0.717) is 29.6 Å². The first-order valence-electron chi connectivity index (χ1n) is 12.5. The van der Waals surface area contributed by atoms with E-state index >= 15 is 0 Å². The van der Waals surface area contributed by atoms with E-state index in [1.165, 1.54) is 12.3 Å². The number of carbonyl (C=O) groups excluding carboxylic acids is 2. The number of amides is 2. The quantitative estimate of drug-likeness (QED) is 0.373. The molecule has 2 aromatic carbocycles. The Labute approximate surface area is 224 Å². The van der Waals surface area contributed by atoms with E-state index in [2.05, 4.69) is 22.2 Å². The number of ether oxygens (including phenoxy) is 1. The smallest absolute Gasteiger partial charge is 0.253 e. The summed E-state index contributed by atoms with van der Waals surface area (Å²) in [6.07, 6.45) is 5.24. The van der Waals surface area contributed by atoms with Crippen LogP contribution in [0, 0.1) is 24.4 Å². The average molecular weight is 539 g/mol. The minimum Gasteiger partial charge on any atom is -0.496 e. The molecule has 2 unspecified atom stereocenters. The Hall–Kier alpha value is -4.34. The Bertz CT molecular complexity index is 1380. The molecular weight excluding hydrogens is 509 g/mol. The standard InChI is InChI=1S/C29H29F3N4O3/c1-4-36(20-10-9-19(14-20)35-29(38)21-6-5-7-25(39-3)17(21)2)26-13-8-18(15-33-26)28(37)34-16-22-23(30)11-12-24(31)27(22)32/h4-8,11-13,15,19-20H,1,9-10,14,16H2,2-3H3,(H,34,37)(H,35,38). The Morgan fingerprint density at radius 2 is 1.87 bits per heavy atom. The molecular formula is C29H29F3N4O3. The zero-order valence-corrected chi connectivity index (χ0v) is 21.6. The van der Waals surface area contributed by atoms with Crippen molar-refractivity contribution in [2.75, 3.05) is 12.0 Å². The maximum Gasteiger partial charge on any atom is 0.253 e. The lowest BCUT2D eigenvalue weighted by atomic mass is 10.1. The van der Waals surface area contributed by atoms with Gasteiger partial charge in [-0.05, 0) is 68.8 Å². The number of aromatic nitrogens is 1. The summed E-state index contributed by atoms with van der Waals surface area (Å²) < 4.78 is 46.4. The van der Waals surface area contributed by atoms with Gasteiger partial charge in [-0.25, -0.2) is 18.2 Å². The fourth-order valence-corrected chi connectivity index (χ4v) is 4.79. The average Bonchev–Trinajstić information content (AvgIpc) is 3.39. The van der Waals surface area contributed by atoms with Crippen LogP contribution in [-0.4, -0.2) is 36.0 Å². The van der Waals surface area contributed by atoms with Gasteiger partial charge in [-0.2, -0.15) is 0 Å². The van der Waals surface area contributed by atoms with Crippen LogP contribution in [0.4, 0.5) is 19.0 Å². The van der Waals surface area contributed by atoms with Crippen LogP contribution >= 0.6 is 0 Å². The molecule has 0 bridgehead atoms. The van der Waals surface area contributed by atoms with Gasteiger partial charge in [-0.3, -0.25) is 9.59 Å². The fourth-order valence-electron chi connectivity index (χ4n) is 4.79. The lowest BCUT2D eigenvalue weighted by Gasteiger charge is -2.26. The van der Waals surface area contributed by atoms with E-state index in [9.17, 15) is 22.8 Å². The van der Waals surface area contributed by atoms with Crippen molar-refractivity contribution in [2.24, 2.45) is 0 Å². The largest absolute Gasteiger partial charge is 0.496 e. The Balaban J connectivity index is 1.36. The van der Waals surface area contributed by atoms with E-state index < -0.39 is 35.5 Å². The number of hydrogen-bond donors (Lipinski definition) is 2. The molecule has 7 nitrogen and oxygen atoms in total. The third kappa shape index (κ3) is 6.05. The Kier molecular flexibility index (Phi) is 8.53. The molecule has 39 heavy (non-hydrogen) atoms. The lowest BCUT2D eigenvalue weighted by molar-refractivity contribution is 0.0932. The van der Waals surface area contributed by atoms with Crippen LogP contribution in [0.1, 0.15) is 51.1 Å². The van der Waals surface area contributed by atoms with Crippen molar-refractivity contribution in [3.05, 3.63) is 101 Å². The number of benzene rings is 2. The van der Waals surface area contributed by atoms with Gasteiger partial charge in [0.1, 0.15) is 17.4 Å². The van der Waals surface area contributed by atoms with Gasteiger partial charge in [-0.1, -0.05) is 12.6 Å². The van der Waals surface area contributed by atoms with E-state index in [1.807, 2.05) is 17.9 Å². The summed E-state index contributed by atoms with van der Waals surface area (Å²) in [6, 6.07) is 10.0. The predicted molar refractivity (Wildman–Crippen MR) is 141 cm³/mol. The van der Waals surface area contributed by atoms with Gasteiger partial charge in [0.25, 0.3) is 11.8 Å². The number of halogens is 3. The molecule has 10 heteroatoms. The summed E-state index contributed by atoms with van der Waals surface area (Å²) in [5.74, 6) is -3.04. The number of anilines is 1. The van der Waals surface area contributed by atoms with Gasteiger partial charge < -0.3 is 20.3 Å². The number of rotatable bonds is 9. The molecule has 1 aliphatic carbocycles. The number of pyridine rings is 1. The SMILES string of the molecule is C=CN(c1ccc(C(=O)NCc2c(F)ccc(F)c2F)cn1)C1CCC(NC(=O)c2cccc(OC)c2C)C1. The predicted octanol–water partition coefficient (Wildman–Crippen LogP) is 5.05. The number of nitrogens with one attached hydrogen (secondary N) is 2. The van der Waals surface area contributed by atoms with Crippen LogP contribution in [-0.2, 0) is 6.54 Å². The normalized spacial score (nSPS) is 16.4. The summed E-state index contributed by atoms with van der Waals surface area (Å²) in [5.41, 5.74) is 0.955. The summed E-state index contributed by atoms with van der Waals surface area (Å²) >= 11 is 0. The second-order valence-corrected chi connectivity index (χ2v) is 9.27. The zero-order valence-electron chi connectivity index (χ0n) is 21.6. The molecule has 1 saturated carbocycles. The van der Waals surface area contributed by atoms with Crippen molar-refractivity contribution < 1.29 is 27.5 Å². The van der Waals surface area contributed by atoms with Gasteiger partial charge in [0.2, 0.25) is 0 Å². The van der Waals surface area contributed by atoms with Crippen LogP contribution in [0.25, 0.3) is 0 Å². The first kappa shape index (κ1) is 27.7. The van der Waals surface area contributed by atoms with Gasteiger partial charge in [0.05, 0.1) is 12.7 Å². The van der Waals surface area contributed by atoms with Gasteiger partial charge in [-0.15, -0.1) is 0 Å². The molecule has 1 aromatic heterocycles. The summed E-state index contributed by atoms with van der Waals surface area (Å²) in [5, 5.41) is 5.49. The summed E-state index contributed by atoms with van der Waals surface area (Å²) in [4.78, 5) is 31.6. The molecule has 1 fully saturated rings. The first-order chi connectivity index (χ1) is 18.7. The molecule has 1 heterocycles. The molecule has 0 aliphatic heterocycles. The minimum absolute atomic E-state index is 0.0327. The molecule has 2 N–H and O–H groups in total. The number of hydrogen-bond acceptors (Lipinski definition) is 5. The molecule has 0 saturated heterocycles. The molecule has 4 rings (SSSR count). The molecule has 2 amide bonds. The van der Waals surface area contributed by atoms with E-state index in [4.69, 9.17) is 4.74 Å². The highest BCUT2D eigenvalue weighted by atomic mass is 19.2. The summed E-state index contributed by atoms with van der Waals surface area (Å²) in [6.45, 7) is 5.23. The van der Waals surface area contributed by atoms with Crippen molar-refractivity contribution in [3.63, 3.8) is 0 Å². The molecule has 0 spiro atoms. The van der Waals surface area contributed by atoms with Crippen molar-refractivity contribution in [1.29, 1.82) is 0 Å². The van der Waals surface area contributed by atoms with Gasteiger partial charge in [0, 0.05) is 41.5 Å². The lowest BCUT2D eigenvalue weighted by Crippen LogP contribution is -2.36. The number of methoxy groups -OCH3 is 1. The van der Waals surface area contributed by atoms with E-state index in [-0.39, 0.29) is 23.6 Å². The van der Waals surface area contributed by atoms with Crippen LogP contribution < -0.4 is 20.3 Å². The van der Waals surface area contributed by atoms with Crippen molar-refractivity contribution in [2.45, 2.75) is 44.8 Å². The van der Waals surface area contributed by atoms with E-state index in [1.54, 1.807) is 31.5 Å².